The quantitative estimate of drug-likeness (QED) is 0.884. The van der Waals surface area contributed by atoms with Crippen LogP contribution in [0, 0.1) is 0 Å². The number of aromatic nitrogens is 2. The number of nitrogens with zero attached hydrogens (tertiary/aromatic N) is 3. The maximum Gasteiger partial charge on any atom is 0.273 e. The predicted molar refractivity (Wildman–Crippen MR) is 76.7 cm³/mol. The standard InChI is InChI=1S/C15H20N4O2/c1-10-8-19(9-13(20)17-10)15(21)12-6-7-16-14(18-12)11-4-2-3-5-11/h6-7,10-11H,2-5,8-9H2,1H3,(H,17,20). The van der Waals surface area contributed by atoms with Crippen molar-refractivity contribution in [1.82, 2.24) is 20.2 Å². The van der Waals surface area contributed by atoms with Crippen LogP contribution >= 0.6 is 0 Å². The van der Waals surface area contributed by atoms with Crippen LogP contribution in [0.4, 0.5) is 0 Å². The van der Waals surface area contributed by atoms with Crippen molar-refractivity contribution >= 4 is 11.8 Å². The van der Waals surface area contributed by atoms with Gasteiger partial charge in [0, 0.05) is 24.7 Å². The van der Waals surface area contributed by atoms with Gasteiger partial charge in [-0.2, -0.15) is 0 Å². The van der Waals surface area contributed by atoms with Crippen LogP contribution < -0.4 is 5.32 Å². The molecule has 1 N–H and O–H groups in total. The molecule has 1 aromatic heterocycles. The van der Waals surface area contributed by atoms with Gasteiger partial charge in [-0.3, -0.25) is 9.59 Å². The maximum absolute atomic E-state index is 12.5. The van der Waals surface area contributed by atoms with Gasteiger partial charge in [-0.15, -0.1) is 0 Å². The van der Waals surface area contributed by atoms with Crippen molar-refractivity contribution in [3.63, 3.8) is 0 Å². The molecular formula is C15H20N4O2. The van der Waals surface area contributed by atoms with Crippen molar-refractivity contribution in [2.24, 2.45) is 0 Å². The normalized spacial score (nSPS) is 23.2. The number of piperazine rings is 1. The highest BCUT2D eigenvalue weighted by molar-refractivity contribution is 5.95. The molecule has 0 radical (unpaired) electrons. The zero-order valence-corrected chi connectivity index (χ0v) is 12.2. The average molecular weight is 288 g/mol. The smallest absolute Gasteiger partial charge is 0.273 e. The van der Waals surface area contributed by atoms with Crippen LogP contribution in [0.1, 0.15) is 54.8 Å². The van der Waals surface area contributed by atoms with Gasteiger partial charge >= 0.3 is 0 Å². The lowest BCUT2D eigenvalue weighted by Crippen LogP contribution is -2.54. The van der Waals surface area contributed by atoms with Gasteiger partial charge in [-0.1, -0.05) is 12.8 Å². The summed E-state index contributed by atoms with van der Waals surface area (Å²) < 4.78 is 0. The molecule has 21 heavy (non-hydrogen) atoms. The molecule has 2 fully saturated rings. The molecule has 1 aliphatic heterocycles. The molecule has 1 saturated heterocycles. The van der Waals surface area contributed by atoms with Crippen molar-refractivity contribution in [2.75, 3.05) is 13.1 Å². The van der Waals surface area contributed by atoms with Crippen LogP contribution in [0.3, 0.4) is 0 Å². The summed E-state index contributed by atoms with van der Waals surface area (Å²) in [7, 11) is 0. The summed E-state index contributed by atoms with van der Waals surface area (Å²) >= 11 is 0. The largest absolute Gasteiger partial charge is 0.350 e. The number of carbonyl (C=O) groups is 2. The lowest BCUT2D eigenvalue weighted by atomic mass is 10.1. The van der Waals surface area contributed by atoms with E-state index in [1.165, 1.54) is 12.8 Å². The van der Waals surface area contributed by atoms with Crippen molar-refractivity contribution < 1.29 is 9.59 Å². The molecule has 2 aliphatic rings. The Morgan fingerprint density at radius 2 is 2.14 bits per heavy atom. The molecule has 6 nitrogen and oxygen atoms in total. The summed E-state index contributed by atoms with van der Waals surface area (Å²) in [6, 6.07) is 1.61. The van der Waals surface area contributed by atoms with E-state index in [-0.39, 0.29) is 24.4 Å². The molecular weight excluding hydrogens is 268 g/mol. The number of rotatable bonds is 2. The fourth-order valence-corrected chi connectivity index (χ4v) is 3.12. The highest BCUT2D eigenvalue weighted by Gasteiger charge is 2.28. The summed E-state index contributed by atoms with van der Waals surface area (Å²) in [5.41, 5.74) is 0.397. The predicted octanol–water partition coefficient (Wildman–Crippen LogP) is 1.09. The van der Waals surface area contributed by atoms with E-state index in [1.807, 2.05) is 6.92 Å². The van der Waals surface area contributed by atoms with Crippen LogP contribution in [0.15, 0.2) is 12.3 Å². The first-order valence-corrected chi connectivity index (χ1v) is 7.55. The number of amides is 2. The summed E-state index contributed by atoms with van der Waals surface area (Å²) in [5.74, 6) is 0.847. The number of hydrogen-bond donors (Lipinski definition) is 1. The maximum atomic E-state index is 12.5. The first-order valence-electron chi connectivity index (χ1n) is 7.55. The van der Waals surface area contributed by atoms with Gasteiger partial charge in [0.2, 0.25) is 5.91 Å². The molecule has 1 atom stereocenters. The Bertz CT molecular complexity index is 554. The molecule has 3 rings (SSSR count). The third kappa shape index (κ3) is 3.04. The highest BCUT2D eigenvalue weighted by atomic mass is 16.2. The van der Waals surface area contributed by atoms with Gasteiger partial charge in [-0.05, 0) is 25.8 Å². The molecule has 2 heterocycles. The molecule has 6 heteroatoms. The Hall–Kier alpha value is -1.98. The van der Waals surface area contributed by atoms with Gasteiger partial charge in [-0.25, -0.2) is 9.97 Å². The van der Waals surface area contributed by atoms with Crippen LogP contribution in [-0.4, -0.2) is 45.8 Å². The Labute approximate surface area is 124 Å². The lowest BCUT2D eigenvalue weighted by Gasteiger charge is -2.30. The molecule has 2 amide bonds. The minimum Gasteiger partial charge on any atom is -0.350 e. The number of nitrogens with one attached hydrogen (secondary N) is 1. The molecule has 1 aliphatic carbocycles. The number of hydrogen-bond acceptors (Lipinski definition) is 4. The summed E-state index contributed by atoms with van der Waals surface area (Å²) in [6.07, 6.45) is 6.26. The highest BCUT2D eigenvalue weighted by Crippen LogP contribution is 2.31. The first kappa shape index (κ1) is 14.0. The van der Waals surface area contributed by atoms with Crippen LogP contribution in [0.5, 0.6) is 0 Å². The van der Waals surface area contributed by atoms with Gasteiger partial charge in [0.1, 0.15) is 11.5 Å². The number of carbonyl (C=O) groups excluding carboxylic acids is 2. The van der Waals surface area contributed by atoms with Crippen LogP contribution in [-0.2, 0) is 4.79 Å². The fraction of sp³-hybridized carbons (Fsp3) is 0.600. The average Bonchev–Trinajstić information content (AvgIpc) is 3.00. The Balaban J connectivity index is 1.77. The minimum atomic E-state index is -0.182. The zero-order chi connectivity index (χ0) is 14.8. The van der Waals surface area contributed by atoms with Crippen molar-refractivity contribution in [2.45, 2.75) is 44.6 Å². The van der Waals surface area contributed by atoms with E-state index >= 15 is 0 Å². The second kappa shape index (κ2) is 5.79. The van der Waals surface area contributed by atoms with E-state index in [1.54, 1.807) is 17.2 Å². The van der Waals surface area contributed by atoms with Crippen LogP contribution in [0.2, 0.25) is 0 Å². The summed E-state index contributed by atoms with van der Waals surface area (Å²) in [4.78, 5) is 34.4. The fourth-order valence-electron chi connectivity index (χ4n) is 3.12. The molecule has 0 spiro atoms. The van der Waals surface area contributed by atoms with E-state index in [0.29, 0.717) is 18.2 Å². The lowest BCUT2D eigenvalue weighted by molar-refractivity contribution is -0.124. The van der Waals surface area contributed by atoms with Gasteiger partial charge in [0.25, 0.3) is 5.91 Å². The Morgan fingerprint density at radius 1 is 1.38 bits per heavy atom. The zero-order valence-electron chi connectivity index (χ0n) is 12.2. The van der Waals surface area contributed by atoms with E-state index in [2.05, 4.69) is 15.3 Å². The second-order valence-electron chi connectivity index (χ2n) is 5.94. The summed E-state index contributed by atoms with van der Waals surface area (Å²) in [6.45, 7) is 2.51. The SMILES string of the molecule is CC1CN(C(=O)c2ccnc(C3CCCC3)n2)CC(=O)N1. The Morgan fingerprint density at radius 3 is 2.86 bits per heavy atom. The van der Waals surface area contributed by atoms with E-state index in [4.69, 9.17) is 0 Å². The molecule has 1 aromatic rings. The van der Waals surface area contributed by atoms with Crippen molar-refractivity contribution in [3.8, 4) is 0 Å². The molecule has 1 unspecified atom stereocenters. The van der Waals surface area contributed by atoms with Crippen LogP contribution in [0.25, 0.3) is 0 Å². The summed E-state index contributed by atoms with van der Waals surface area (Å²) in [5, 5.41) is 2.81. The first-order chi connectivity index (χ1) is 10.1. The van der Waals surface area contributed by atoms with Crippen molar-refractivity contribution in [3.05, 3.63) is 23.8 Å². The monoisotopic (exact) mass is 288 g/mol. The van der Waals surface area contributed by atoms with Gasteiger partial charge in [0.05, 0.1) is 6.54 Å². The second-order valence-corrected chi connectivity index (χ2v) is 5.94. The van der Waals surface area contributed by atoms with Gasteiger partial charge in [0.15, 0.2) is 0 Å². The molecule has 0 aromatic carbocycles. The molecule has 112 valence electrons. The van der Waals surface area contributed by atoms with Crippen molar-refractivity contribution in [1.29, 1.82) is 0 Å². The molecule has 0 bridgehead atoms. The molecule has 1 saturated carbocycles. The van der Waals surface area contributed by atoms with E-state index in [0.717, 1.165) is 18.7 Å². The topological polar surface area (TPSA) is 75.2 Å². The minimum absolute atomic E-state index is 0.0219. The Kier molecular flexibility index (Phi) is 3.86. The van der Waals surface area contributed by atoms with Gasteiger partial charge < -0.3 is 10.2 Å². The van der Waals surface area contributed by atoms with E-state index < -0.39 is 0 Å². The third-order valence-corrected chi connectivity index (χ3v) is 4.14. The van der Waals surface area contributed by atoms with E-state index in [9.17, 15) is 9.59 Å². The third-order valence-electron chi connectivity index (χ3n) is 4.14.